The van der Waals surface area contributed by atoms with E-state index in [4.69, 9.17) is 0 Å². The summed E-state index contributed by atoms with van der Waals surface area (Å²) in [6, 6.07) is 0. The van der Waals surface area contributed by atoms with Crippen LogP contribution in [0.15, 0.2) is 12.2 Å². The number of fused-ring (bicyclic) bond motifs is 2. The highest BCUT2D eigenvalue weighted by atomic mass is 16.1. The molecule has 0 aromatic rings. The Kier molecular flexibility index (Phi) is 1.70. The summed E-state index contributed by atoms with van der Waals surface area (Å²) in [5.41, 5.74) is 1.82. The summed E-state index contributed by atoms with van der Waals surface area (Å²) in [4.78, 5) is 11.6. The highest BCUT2D eigenvalue weighted by Gasteiger charge is 2.46. The lowest BCUT2D eigenvalue weighted by molar-refractivity contribution is -0.129. The van der Waals surface area contributed by atoms with Crippen LogP contribution in [0.2, 0.25) is 0 Å². The zero-order valence-corrected chi connectivity index (χ0v) is 8.65. The lowest BCUT2D eigenvalue weighted by Gasteiger charge is -2.49. The van der Waals surface area contributed by atoms with E-state index in [-0.39, 0.29) is 10.8 Å². The third kappa shape index (κ3) is 1.56. The second-order valence-corrected chi connectivity index (χ2v) is 5.79. The van der Waals surface area contributed by atoms with Gasteiger partial charge in [-0.1, -0.05) is 26.0 Å². The Hall–Kier alpha value is -0.590. The predicted octanol–water partition coefficient (Wildman–Crippen LogP) is 3.10. The van der Waals surface area contributed by atoms with Gasteiger partial charge in [0.05, 0.1) is 0 Å². The van der Waals surface area contributed by atoms with Gasteiger partial charge in [0.1, 0.15) is 5.78 Å². The molecule has 0 aromatic heterocycles. The first-order chi connectivity index (χ1) is 5.91. The van der Waals surface area contributed by atoms with Gasteiger partial charge < -0.3 is 0 Å². The highest BCUT2D eigenvalue weighted by Crippen LogP contribution is 2.55. The van der Waals surface area contributed by atoms with Crippen LogP contribution in [0.4, 0.5) is 0 Å². The van der Waals surface area contributed by atoms with Crippen molar-refractivity contribution in [1.29, 1.82) is 0 Å². The molecule has 0 radical (unpaired) electrons. The van der Waals surface area contributed by atoms with Gasteiger partial charge in [-0.25, -0.2) is 0 Å². The second-order valence-electron chi connectivity index (χ2n) is 5.79. The normalized spacial score (nSPS) is 45.1. The first kappa shape index (κ1) is 8.98. The Morgan fingerprint density at radius 1 is 1.08 bits per heavy atom. The lowest BCUT2D eigenvalue weighted by Crippen LogP contribution is -2.41. The molecular formula is C12H18O. The number of hydrogen-bond donors (Lipinski definition) is 0. The van der Waals surface area contributed by atoms with Gasteiger partial charge in [-0.3, -0.25) is 4.79 Å². The van der Waals surface area contributed by atoms with Crippen molar-refractivity contribution in [2.24, 2.45) is 10.8 Å². The SMILES string of the molecule is C=C1C[C@@]2(C)CC(=O)C[C@@](C)(C1)C2. The van der Waals surface area contributed by atoms with Crippen LogP contribution in [0.5, 0.6) is 0 Å². The van der Waals surface area contributed by atoms with E-state index in [1.807, 2.05) is 0 Å². The minimum absolute atomic E-state index is 0.236. The molecule has 2 rings (SSSR count). The molecule has 0 saturated heterocycles. The average Bonchev–Trinajstić information content (AvgIpc) is 1.75. The Labute approximate surface area is 80.2 Å². The molecule has 13 heavy (non-hydrogen) atoms. The van der Waals surface area contributed by atoms with Crippen LogP contribution < -0.4 is 0 Å². The molecule has 0 aliphatic heterocycles. The Morgan fingerprint density at radius 2 is 1.54 bits per heavy atom. The van der Waals surface area contributed by atoms with Crippen LogP contribution in [-0.2, 0) is 4.79 Å². The molecule has 0 aromatic carbocycles. The number of allylic oxidation sites excluding steroid dienone is 1. The standard InChI is InChI=1S/C12H18O/c1-9-4-11(2)6-10(13)7-12(3,5-9)8-11/h1,4-8H2,2-3H3/t11-,12+. The van der Waals surface area contributed by atoms with Crippen LogP contribution in [0.3, 0.4) is 0 Å². The zero-order valence-electron chi connectivity index (χ0n) is 8.65. The molecule has 2 bridgehead atoms. The molecular weight excluding hydrogens is 160 g/mol. The summed E-state index contributed by atoms with van der Waals surface area (Å²) in [6.45, 7) is 8.59. The van der Waals surface area contributed by atoms with E-state index in [2.05, 4.69) is 20.4 Å². The summed E-state index contributed by atoms with van der Waals surface area (Å²) in [7, 11) is 0. The maximum absolute atomic E-state index is 11.6. The topological polar surface area (TPSA) is 17.1 Å². The van der Waals surface area contributed by atoms with Gasteiger partial charge in [0.15, 0.2) is 0 Å². The molecule has 2 saturated carbocycles. The summed E-state index contributed by atoms with van der Waals surface area (Å²) >= 11 is 0. The van der Waals surface area contributed by atoms with Crippen molar-refractivity contribution >= 4 is 5.78 Å². The fourth-order valence-corrected chi connectivity index (χ4v) is 3.69. The van der Waals surface area contributed by atoms with Gasteiger partial charge in [-0.05, 0) is 30.1 Å². The molecule has 72 valence electrons. The minimum atomic E-state index is 0.236. The first-order valence-corrected chi connectivity index (χ1v) is 5.09. The van der Waals surface area contributed by atoms with Gasteiger partial charge >= 0.3 is 0 Å². The molecule has 2 fully saturated rings. The maximum atomic E-state index is 11.6. The van der Waals surface area contributed by atoms with E-state index < -0.39 is 0 Å². The maximum Gasteiger partial charge on any atom is 0.134 e. The van der Waals surface area contributed by atoms with Gasteiger partial charge in [0, 0.05) is 12.8 Å². The zero-order chi connectivity index (χ0) is 9.69. The molecule has 0 unspecified atom stereocenters. The summed E-state index contributed by atoms with van der Waals surface area (Å²) in [5, 5.41) is 0. The van der Waals surface area contributed by atoms with Crippen molar-refractivity contribution in [3.05, 3.63) is 12.2 Å². The first-order valence-electron chi connectivity index (χ1n) is 5.09. The molecule has 2 aliphatic carbocycles. The number of rotatable bonds is 0. The highest BCUT2D eigenvalue weighted by molar-refractivity contribution is 5.81. The largest absolute Gasteiger partial charge is 0.300 e. The van der Waals surface area contributed by atoms with Crippen LogP contribution >= 0.6 is 0 Å². The Morgan fingerprint density at radius 3 is 2.00 bits per heavy atom. The van der Waals surface area contributed by atoms with E-state index in [0.717, 1.165) is 25.7 Å². The molecule has 2 aliphatic rings. The van der Waals surface area contributed by atoms with Crippen LogP contribution in [0, 0.1) is 10.8 Å². The summed E-state index contributed by atoms with van der Waals surface area (Å²) in [5.74, 6) is 0.462. The van der Waals surface area contributed by atoms with E-state index in [9.17, 15) is 4.79 Å². The molecule has 0 heterocycles. The third-order valence-electron chi connectivity index (χ3n) is 3.45. The lowest BCUT2D eigenvalue weighted by atomic mass is 9.55. The number of carbonyl (C=O) groups excluding carboxylic acids is 1. The van der Waals surface area contributed by atoms with E-state index in [1.165, 1.54) is 12.0 Å². The fraction of sp³-hybridized carbons (Fsp3) is 0.750. The van der Waals surface area contributed by atoms with Crippen LogP contribution in [-0.4, -0.2) is 5.78 Å². The van der Waals surface area contributed by atoms with Gasteiger partial charge in [0.2, 0.25) is 0 Å². The Bertz CT molecular complexity index is 231. The molecule has 1 nitrogen and oxygen atoms in total. The quantitative estimate of drug-likeness (QED) is 0.521. The molecule has 0 N–H and O–H groups in total. The van der Waals surface area contributed by atoms with Crippen molar-refractivity contribution in [2.75, 3.05) is 0 Å². The van der Waals surface area contributed by atoms with Crippen molar-refractivity contribution in [1.82, 2.24) is 0 Å². The van der Waals surface area contributed by atoms with Crippen molar-refractivity contribution < 1.29 is 4.79 Å². The van der Waals surface area contributed by atoms with Crippen LogP contribution in [0.1, 0.15) is 46.0 Å². The minimum Gasteiger partial charge on any atom is -0.300 e. The molecule has 1 heteroatoms. The summed E-state index contributed by atoms with van der Waals surface area (Å²) in [6.07, 6.45) is 4.90. The number of ketones is 1. The monoisotopic (exact) mass is 178 g/mol. The molecule has 0 amide bonds. The van der Waals surface area contributed by atoms with Gasteiger partial charge in [-0.15, -0.1) is 0 Å². The van der Waals surface area contributed by atoms with E-state index in [0.29, 0.717) is 5.78 Å². The Balaban J connectivity index is 2.32. The number of carbonyl (C=O) groups is 1. The van der Waals surface area contributed by atoms with Crippen molar-refractivity contribution in [3.8, 4) is 0 Å². The van der Waals surface area contributed by atoms with Crippen molar-refractivity contribution in [3.63, 3.8) is 0 Å². The molecule has 0 spiro atoms. The number of Topliss-reactive ketones (excluding diaryl/α,β-unsaturated/α-hetero) is 1. The summed E-state index contributed by atoms with van der Waals surface area (Å²) < 4.78 is 0. The van der Waals surface area contributed by atoms with Crippen LogP contribution in [0.25, 0.3) is 0 Å². The van der Waals surface area contributed by atoms with E-state index >= 15 is 0 Å². The second kappa shape index (κ2) is 2.46. The van der Waals surface area contributed by atoms with E-state index in [1.54, 1.807) is 0 Å². The smallest absolute Gasteiger partial charge is 0.134 e. The van der Waals surface area contributed by atoms with Gasteiger partial charge in [-0.2, -0.15) is 0 Å². The third-order valence-corrected chi connectivity index (χ3v) is 3.45. The average molecular weight is 178 g/mol. The predicted molar refractivity (Wildman–Crippen MR) is 53.4 cm³/mol. The molecule has 2 atom stereocenters. The van der Waals surface area contributed by atoms with Gasteiger partial charge in [0.25, 0.3) is 0 Å². The number of hydrogen-bond acceptors (Lipinski definition) is 1. The van der Waals surface area contributed by atoms with Crippen molar-refractivity contribution in [2.45, 2.75) is 46.0 Å². The fourth-order valence-electron chi connectivity index (χ4n) is 3.69.